The summed E-state index contributed by atoms with van der Waals surface area (Å²) in [5.41, 5.74) is 1.08. The summed E-state index contributed by atoms with van der Waals surface area (Å²) in [7, 11) is 1.77. The van der Waals surface area contributed by atoms with Crippen LogP contribution in [0.15, 0.2) is 24.4 Å². The number of aromatic nitrogens is 1. The first kappa shape index (κ1) is 7.77. The quantitative estimate of drug-likeness (QED) is 0.588. The van der Waals surface area contributed by atoms with Crippen molar-refractivity contribution in [2.45, 2.75) is 6.54 Å². The number of rotatable bonds is 2. The molecule has 12 heavy (non-hydrogen) atoms. The van der Waals surface area contributed by atoms with Gasteiger partial charge in [0.15, 0.2) is 0 Å². The van der Waals surface area contributed by atoms with Crippen LogP contribution in [-0.2, 0) is 11.2 Å². The largest absolute Gasteiger partial charge is 0.423 e. The first-order chi connectivity index (χ1) is 5.95. The van der Waals surface area contributed by atoms with Gasteiger partial charge in [-0.15, -0.1) is 0 Å². The third kappa shape index (κ3) is 1.84. The van der Waals surface area contributed by atoms with E-state index < -0.39 is 0 Å². The second-order valence-corrected chi connectivity index (χ2v) is 2.77. The zero-order valence-corrected chi connectivity index (χ0v) is 6.81. The normalized spacial score (nSPS) is 17.7. The molecular formula is C8H10BN2O. The van der Waals surface area contributed by atoms with E-state index in [0.717, 1.165) is 25.4 Å². The molecule has 1 aliphatic rings. The summed E-state index contributed by atoms with van der Waals surface area (Å²) < 4.78 is 5.10. The first-order valence-electron chi connectivity index (χ1n) is 4.04. The lowest BCUT2D eigenvalue weighted by atomic mass is 10.2. The molecule has 0 bridgehead atoms. The molecule has 1 aromatic rings. The lowest BCUT2D eigenvalue weighted by Gasteiger charge is -2.10. The summed E-state index contributed by atoms with van der Waals surface area (Å²) in [5.74, 6) is 0. The first-order valence-corrected chi connectivity index (χ1v) is 4.04. The standard InChI is InChI=1S/C8H10BN2O/c1-2-4-10-8(3-1)7-11-5-6-12-9-11/h1-4H,5-7H2. The zero-order valence-electron chi connectivity index (χ0n) is 6.81. The molecule has 1 saturated heterocycles. The van der Waals surface area contributed by atoms with Crippen molar-refractivity contribution in [3.05, 3.63) is 30.1 Å². The molecule has 0 aliphatic carbocycles. The molecule has 0 amide bonds. The van der Waals surface area contributed by atoms with E-state index in [4.69, 9.17) is 4.65 Å². The number of nitrogens with zero attached hydrogens (tertiary/aromatic N) is 2. The Kier molecular flexibility index (Phi) is 2.39. The van der Waals surface area contributed by atoms with E-state index in [2.05, 4.69) is 9.79 Å². The molecule has 61 valence electrons. The topological polar surface area (TPSA) is 25.4 Å². The highest BCUT2D eigenvalue weighted by molar-refractivity contribution is 6.24. The highest BCUT2D eigenvalue weighted by Crippen LogP contribution is 2.03. The highest BCUT2D eigenvalue weighted by atomic mass is 16.4. The van der Waals surface area contributed by atoms with Crippen molar-refractivity contribution >= 4 is 7.62 Å². The van der Waals surface area contributed by atoms with E-state index in [-0.39, 0.29) is 0 Å². The second-order valence-electron chi connectivity index (χ2n) is 2.77. The van der Waals surface area contributed by atoms with Crippen molar-refractivity contribution in [1.29, 1.82) is 0 Å². The maximum Gasteiger partial charge on any atom is 0.399 e. The van der Waals surface area contributed by atoms with Crippen LogP contribution in [0.5, 0.6) is 0 Å². The van der Waals surface area contributed by atoms with Crippen LogP contribution in [0.1, 0.15) is 5.69 Å². The van der Waals surface area contributed by atoms with Crippen molar-refractivity contribution in [3.8, 4) is 0 Å². The van der Waals surface area contributed by atoms with Gasteiger partial charge < -0.3 is 9.47 Å². The van der Waals surface area contributed by atoms with Gasteiger partial charge in [-0.25, -0.2) is 0 Å². The SMILES string of the molecule is [B]1OCCN1Cc1ccccn1. The number of pyridine rings is 1. The Labute approximate surface area is 72.7 Å². The van der Waals surface area contributed by atoms with Crippen LogP contribution in [0.3, 0.4) is 0 Å². The molecule has 3 nitrogen and oxygen atoms in total. The van der Waals surface area contributed by atoms with Crippen molar-refractivity contribution in [3.63, 3.8) is 0 Å². The van der Waals surface area contributed by atoms with Crippen LogP contribution >= 0.6 is 0 Å². The van der Waals surface area contributed by atoms with Gasteiger partial charge in [-0.1, -0.05) is 6.07 Å². The van der Waals surface area contributed by atoms with Gasteiger partial charge in [-0.3, -0.25) is 4.98 Å². The molecule has 2 heterocycles. The van der Waals surface area contributed by atoms with E-state index in [1.54, 1.807) is 7.62 Å². The zero-order chi connectivity index (χ0) is 8.23. The summed E-state index contributed by atoms with van der Waals surface area (Å²) in [6.45, 7) is 2.62. The van der Waals surface area contributed by atoms with Crippen molar-refractivity contribution in [1.82, 2.24) is 9.79 Å². The molecule has 1 aliphatic heterocycles. The highest BCUT2D eigenvalue weighted by Gasteiger charge is 2.14. The average Bonchev–Trinajstić information content (AvgIpc) is 2.59. The molecule has 0 N–H and O–H groups in total. The molecule has 0 saturated carbocycles. The van der Waals surface area contributed by atoms with E-state index >= 15 is 0 Å². The van der Waals surface area contributed by atoms with Gasteiger partial charge >= 0.3 is 7.62 Å². The minimum absolute atomic E-state index is 0.798. The van der Waals surface area contributed by atoms with E-state index in [1.165, 1.54) is 0 Å². The molecule has 0 atom stereocenters. The van der Waals surface area contributed by atoms with Gasteiger partial charge in [0, 0.05) is 25.9 Å². The minimum Gasteiger partial charge on any atom is -0.423 e. The molecule has 1 radical (unpaired) electrons. The summed E-state index contributed by atoms with van der Waals surface area (Å²) in [5, 5.41) is 0. The van der Waals surface area contributed by atoms with Crippen LogP contribution < -0.4 is 0 Å². The van der Waals surface area contributed by atoms with E-state index in [0.29, 0.717) is 0 Å². The lowest BCUT2D eigenvalue weighted by molar-refractivity contribution is 0.381. The number of hydrogen-bond donors (Lipinski definition) is 0. The Morgan fingerprint density at radius 3 is 3.25 bits per heavy atom. The van der Waals surface area contributed by atoms with Gasteiger partial charge in [0.25, 0.3) is 0 Å². The third-order valence-corrected chi connectivity index (χ3v) is 1.81. The Morgan fingerprint density at radius 2 is 2.58 bits per heavy atom. The summed E-state index contributed by atoms with van der Waals surface area (Å²) in [4.78, 5) is 6.34. The predicted octanol–water partition coefficient (Wildman–Crippen LogP) is 0.448. The van der Waals surface area contributed by atoms with Gasteiger partial charge in [-0.05, 0) is 12.1 Å². The molecule has 1 aromatic heterocycles. The van der Waals surface area contributed by atoms with Crippen molar-refractivity contribution in [2.24, 2.45) is 0 Å². The average molecular weight is 161 g/mol. The molecule has 2 rings (SSSR count). The van der Waals surface area contributed by atoms with Gasteiger partial charge in [0.05, 0.1) is 5.69 Å². The van der Waals surface area contributed by atoms with Gasteiger partial charge in [0.1, 0.15) is 0 Å². The Hall–Kier alpha value is -0.865. The molecule has 0 aromatic carbocycles. The van der Waals surface area contributed by atoms with Crippen LogP contribution in [0.25, 0.3) is 0 Å². The maximum atomic E-state index is 5.10. The fraction of sp³-hybridized carbons (Fsp3) is 0.375. The smallest absolute Gasteiger partial charge is 0.399 e. The lowest BCUT2D eigenvalue weighted by Crippen LogP contribution is -2.22. The molecular weight excluding hydrogens is 151 g/mol. The van der Waals surface area contributed by atoms with E-state index in [9.17, 15) is 0 Å². The summed E-state index contributed by atoms with van der Waals surface area (Å²) in [6.07, 6.45) is 1.81. The second kappa shape index (κ2) is 3.69. The molecule has 0 spiro atoms. The molecule has 4 heteroatoms. The monoisotopic (exact) mass is 161 g/mol. The summed E-state index contributed by atoms with van der Waals surface area (Å²) >= 11 is 0. The van der Waals surface area contributed by atoms with Gasteiger partial charge in [-0.2, -0.15) is 0 Å². The fourth-order valence-electron chi connectivity index (χ4n) is 1.20. The predicted molar refractivity (Wildman–Crippen MR) is 46.4 cm³/mol. The van der Waals surface area contributed by atoms with Crippen LogP contribution in [0, 0.1) is 0 Å². The number of hydrogen-bond acceptors (Lipinski definition) is 3. The molecule has 0 unspecified atom stereocenters. The maximum absolute atomic E-state index is 5.10. The van der Waals surface area contributed by atoms with E-state index in [1.807, 2.05) is 24.4 Å². The van der Waals surface area contributed by atoms with Crippen LogP contribution in [0.4, 0.5) is 0 Å². The van der Waals surface area contributed by atoms with Crippen molar-refractivity contribution in [2.75, 3.05) is 13.2 Å². The summed E-state index contributed by atoms with van der Waals surface area (Å²) in [6, 6.07) is 5.94. The van der Waals surface area contributed by atoms with Crippen molar-refractivity contribution < 1.29 is 4.65 Å². The third-order valence-electron chi connectivity index (χ3n) is 1.81. The molecule has 1 fully saturated rings. The van der Waals surface area contributed by atoms with Gasteiger partial charge in [0.2, 0.25) is 0 Å². The Bertz CT molecular complexity index is 236. The Morgan fingerprint density at radius 1 is 1.58 bits per heavy atom. The van der Waals surface area contributed by atoms with Crippen LogP contribution in [-0.4, -0.2) is 30.6 Å². The minimum atomic E-state index is 0.798. The van der Waals surface area contributed by atoms with Crippen LogP contribution in [0.2, 0.25) is 0 Å². The Balaban J connectivity index is 1.94. The fourth-order valence-corrected chi connectivity index (χ4v) is 1.20.